The summed E-state index contributed by atoms with van der Waals surface area (Å²) in [6, 6.07) is 16.8. The number of nitrogens with one attached hydrogen (secondary N) is 2. The molecule has 4 atom stereocenters. The molecule has 0 spiro atoms. The number of hydrogen-bond donors (Lipinski definition) is 2. The predicted molar refractivity (Wildman–Crippen MR) is 130 cm³/mol. The number of carbonyl (C=O) groups excluding carboxylic acids is 1. The Morgan fingerprint density at radius 3 is 2.42 bits per heavy atom. The van der Waals surface area contributed by atoms with Crippen LogP contribution in [0.2, 0.25) is 0 Å². The summed E-state index contributed by atoms with van der Waals surface area (Å²) >= 11 is 0. The normalized spacial score (nSPS) is 27.4. The number of anilines is 2. The van der Waals surface area contributed by atoms with Crippen molar-refractivity contribution in [2.45, 2.75) is 18.9 Å². The number of halogens is 1. The summed E-state index contributed by atoms with van der Waals surface area (Å²) in [6.45, 7) is 8.26. The average molecular weight is 452 g/mol. The van der Waals surface area contributed by atoms with Gasteiger partial charge in [-0.3, -0.25) is 9.80 Å². The molecular weight excluding hydrogens is 417 g/mol. The van der Waals surface area contributed by atoms with Crippen molar-refractivity contribution in [1.29, 1.82) is 0 Å². The Morgan fingerprint density at radius 1 is 0.970 bits per heavy atom. The van der Waals surface area contributed by atoms with Gasteiger partial charge in [0.25, 0.3) is 0 Å². The second kappa shape index (κ2) is 10.1. The van der Waals surface area contributed by atoms with E-state index in [-0.39, 0.29) is 11.8 Å². The van der Waals surface area contributed by atoms with E-state index >= 15 is 0 Å². The Labute approximate surface area is 195 Å². The number of benzene rings is 2. The van der Waals surface area contributed by atoms with Crippen LogP contribution in [-0.2, 0) is 0 Å². The lowest BCUT2D eigenvalue weighted by Crippen LogP contribution is -2.59. The zero-order valence-corrected chi connectivity index (χ0v) is 19.1. The standard InChI is InChI=1S/C26H34FN5O/c27-22-6-8-24(9-7-22)31-14-12-30(13-15-31)18-21-19-32-11-10-20(21)16-25(32)17-28-26(33)29-23-4-2-1-3-5-23/h1-9,20-21,25H,10-19H2,(H2,28,29,33). The van der Waals surface area contributed by atoms with Crippen LogP contribution in [0.15, 0.2) is 54.6 Å². The lowest BCUT2D eigenvalue weighted by atomic mass is 9.75. The minimum absolute atomic E-state index is 0.126. The summed E-state index contributed by atoms with van der Waals surface area (Å²) < 4.78 is 13.2. The van der Waals surface area contributed by atoms with Crippen molar-refractivity contribution >= 4 is 17.4 Å². The van der Waals surface area contributed by atoms with Crippen LogP contribution in [0.25, 0.3) is 0 Å². The maximum atomic E-state index is 13.2. The largest absolute Gasteiger partial charge is 0.369 e. The van der Waals surface area contributed by atoms with Crippen LogP contribution in [0.3, 0.4) is 0 Å². The molecule has 0 saturated carbocycles. The molecule has 33 heavy (non-hydrogen) atoms. The first kappa shape index (κ1) is 22.2. The molecule has 0 radical (unpaired) electrons. The van der Waals surface area contributed by atoms with E-state index in [0.29, 0.717) is 18.5 Å². The van der Waals surface area contributed by atoms with Crippen LogP contribution in [0.4, 0.5) is 20.6 Å². The lowest BCUT2D eigenvalue weighted by Gasteiger charge is -2.51. The predicted octanol–water partition coefficient (Wildman–Crippen LogP) is 3.48. The summed E-state index contributed by atoms with van der Waals surface area (Å²) in [5.41, 5.74) is 1.94. The SMILES string of the molecule is O=C(NCC1CC2CCN1CC2CN1CCN(c2ccc(F)cc2)CC1)Nc1ccccc1. The van der Waals surface area contributed by atoms with Crippen LogP contribution in [0, 0.1) is 17.7 Å². The quantitative estimate of drug-likeness (QED) is 0.706. The number of fused-ring (bicyclic) bond motifs is 3. The number of nitrogens with zero attached hydrogens (tertiary/aromatic N) is 3. The summed E-state index contributed by atoms with van der Waals surface area (Å²) in [6.07, 6.45) is 2.44. The van der Waals surface area contributed by atoms with Crippen molar-refractivity contribution < 1.29 is 9.18 Å². The number of amides is 2. The van der Waals surface area contributed by atoms with Gasteiger partial charge >= 0.3 is 6.03 Å². The number of carbonyl (C=O) groups is 1. The molecule has 7 heteroatoms. The van der Waals surface area contributed by atoms with E-state index in [1.807, 2.05) is 42.5 Å². The van der Waals surface area contributed by atoms with Gasteiger partial charge in [-0.25, -0.2) is 9.18 Å². The lowest BCUT2D eigenvalue weighted by molar-refractivity contribution is -0.0114. The maximum Gasteiger partial charge on any atom is 0.319 e. The zero-order chi connectivity index (χ0) is 22.6. The minimum atomic E-state index is -0.176. The molecule has 2 amide bonds. The van der Waals surface area contributed by atoms with Crippen molar-refractivity contribution in [3.05, 3.63) is 60.4 Å². The monoisotopic (exact) mass is 451 g/mol. The second-order valence-corrected chi connectivity index (χ2v) is 9.66. The third kappa shape index (κ3) is 5.47. The molecule has 2 aromatic rings. The molecule has 2 bridgehead atoms. The van der Waals surface area contributed by atoms with E-state index < -0.39 is 0 Å². The summed E-state index contributed by atoms with van der Waals surface area (Å²) in [5.74, 6) is 1.28. The van der Waals surface area contributed by atoms with E-state index in [4.69, 9.17) is 0 Å². The van der Waals surface area contributed by atoms with Crippen LogP contribution in [-0.4, -0.2) is 74.2 Å². The molecular formula is C26H34FN5O. The first-order valence-corrected chi connectivity index (χ1v) is 12.2. The highest BCUT2D eigenvalue weighted by Gasteiger charge is 2.40. The first-order valence-electron chi connectivity index (χ1n) is 12.2. The van der Waals surface area contributed by atoms with Gasteiger partial charge in [-0.05, 0) is 67.6 Å². The minimum Gasteiger partial charge on any atom is -0.369 e. The molecule has 6 rings (SSSR count). The number of rotatable bonds is 6. The van der Waals surface area contributed by atoms with E-state index in [1.165, 1.54) is 12.8 Å². The highest BCUT2D eigenvalue weighted by atomic mass is 19.1. The molecule has 6 nitrogen and oxygen atoms in total. The topological polar surface area (TPSA) is 50.9 Å². The molecule has 0 aromatic heterocycles. The molecule has 2 N–H and O–H groups in total. The fourth-order valence-electron chi connectivity index (χ4n) is 5.75. The van der Waals surface area contributed by atoms with Gasteiger partial charge in [0.2, 0.25) is 0 Å². The maximum absolute atomic E-state index is 13.2. The van der Waals surface area contributed by atoms with Crippen molar-refractivity contribution in [1.82, 2.24) is 15.1 Å². The van der Waals surface area contributed by atoms with Gasteiger partial charge in [-0.15, -0.1) is 0 Å². The Hall–Kier alpha value is -2.64. The van der Waals surface area contributed by atoms with E-state index in [1.54, 1.807) is 12.1 Å². The van der Waals surface area contributed by atoms with Crippen molar-refractivity contribution in [3.63, 3.8) is 0 Å². The number of urea groups is 1. The Morgan fingerprint density at radius 2 is 1.73 bits per heavy atom. The fraction of sp³-hybridized carbons (Fsp3) is 0.500. The van der Waals surface area contributed by atoms with Crippen LogP contribution in [0.1, 0.15) is 12.8 Å². The third-order valence-corrected chi connectivity index (χ3v) is 7.60. The summed E-state index contributed by atoms with van der Waals surface area (Å²) in [7, 11) is 0. The van der Waals surface area contributed by atoms with Gasteiger partial charge in [-0.2, -0.15) is 0 Å². The van der Waals surface area contributed by atoms with E-state index in [9.17, 15) is 9.18 Å². The van der Waals surface area contributed by atoms with Crippen molar-refractivity contribution in [2.24, 2.45) is 11.8 Å². The van der Waals surface area contributed by atoms with Crippen molar-refractivity contribution in [2.75, 3.05) is 62.6 Å². The second-order valence-electron chi connectivity index (χ2n) is 9.66. The number of piperidine rings is 3. The van der Waals surface area contributed by atoms with Gasteiger partial charge in [0.05, 0.1) is 0 Å². The Kier molecular flexibility index (Phi) is 6.78. The highest BCUT2D eigenvalue weighted by molar-refractivity contribution is 5.89. The van der Waals surface area contributed by atoms with Crippen LogP contribution >= 0.6 is 0 Å². The fourth-order valence-corrected chi connectivity index (χ4v) is 5.75. The van der Waals surface area contributed by atoms with E-state index in [2.05, 4.69) is 25.3 Å². The smallest absolute Gasteiger partial charge is 0.319 e. The first-order chi connectivity index (χ1) is 16.1. The highest BCUT2D eigenvalue weighted by Crippen LogP contribution is 2.36. The molecule has 0 aliphatic carbocycles. The van der Waals surface area contributed by atoms with Crippen LogP contribution in [0.5, 0.6) is 0 Å². The van der Waals surface area contributed by atoms with Gasteiger partial charge in [-0.1, -0.05) is 18.2 Å². The molecule has 2 aromatic carbocycles. The van der Waals surface area contributed by atoms with Crippen molar-refractivity contribution in [3.8, 4) is 0 Å². The van der Waals surface area contributed by atoms with Crippen LogP contribution < -0.4 is 15.5 Å². The number of hydrogen-bond acceptors (Lipinski definition) is 4. The molecule has 4 aliphatic rings. The Bertz CT molecular complexity index is 916. The number of piperazine rings is 1. The summed E-state index contributed by atoms with van der Waals surface area (Å²) in [5, 5.41) is 5.98. The molecule has 176 valence electrons. The molecule has 4 heterocycles. The Balaban J connectivity index is 1.06. The number of para-hydroxylation sites is 1. The van der Waals surface area contributed by atoms with Gasteiger partial charge in [0, 0.05) is 63.2 Å². The molecule has 4 unspecified atom stereocenters. The van der Waals surface area contributed by atoms with Gasteiger partial charge < -0.3 is 15.5 Å². The van der Waals surface area contributed by atoms with Gasteiger partial charge in [0.15, 0.2) is 0 Å². The van der Waals surface area contributed by atoms with Gasteiger partial charge in [0.1, 0.15) is 5.82 Å². The van der Waals surface area contributed by atoms with E-state index in [0.717, 1.165) is 63.1 Å². The average Bonchev–Trinajstić information content (AvgIpc) is 2.85. The third-order valence-electron chi connectivity index (χ3n) is 7.60. The molecule has 4 saturated heterocycles. The molecule has 4 aliphatic heterocycles. The summed E-state index contributed by atoms with van der Waals surface area (Å²) in [4.78, 5) is 19.8. The molecule has 4 fully saturated rings. The zero-order valence-electron chi connectivity index (χ0n) is 19.1.